The largest absolute Gasteiger partial charge is 0.339 e. The lowest BCUT2D eigenvalue weighted by Crippen LogP contribution is -2.52. The van der Waals surface area contributed by atoms with E-state index in [2.05, 4.69) is 0 Å². The predicted molar refractivity (Wildman–Crippen MR) is 103 cm³/mol. The van der Waals surface area contributed by atoms with Gasteiger partial charge in [0.25, 0.3) is 0 Å². The normalized spacial score (nSPS) is 16.9. The van der Waals surface area contributed by atoms with Gasteiger partial charge in [0.15, 0.2) is 0 Å². The number of piperazine rings is 1. The Kier molecular flexibility index (Phi) is 6.18. The molecule has 1 heterocycles. The van der Waals surface area contributed by atoms with Gasteiger partial charge < -0.3 is 4.90 Å². The molecule has 27 heavy (non-hydrogen) atoms. The Morgan fingerprint density at radius 1 is 1.00 bits per heavy atom. The molecule has 0 unspecified atom stereocenters. The fraction of sp³-hybridized carbons (Fsp3) is 0.316. The van der Waals surface area contributed by atoms with Gasteiger partial charge in [0.1, 0.15) is 10.7 Å². The minimum Gasteiger partial charge on any atom is -0.339 e. The van der Waals surface area contributed by atoms with E-state index in [1.165, 1.54) is 34.3 Å². The molecule has 1 aliphatic heterocycles. The van der Waals surface area contributed by atoms with E-state index in [-0.39, 0.29) is 29.1 Å². The SMILES string of the molecule is C[C@H](Sc1ccccc1)C(=O)N1CCN(S(=O)(=O)c2ccccc2F)CC1. The first-order chi connectivity index (χ1) is 12.9. The third-order valence-electron chi connectivity index (χ3n) is 4.41. The Balaban J connectivity index is 1.61. The lowest BCUT2D eigenvalue weighted by molar-refractivity contribution is -0.131. The van der Waals surface area contributed by atoms with Gasteiger partial charge in [-0.3, -0.25) is 4.79 Å². The Labute approximate surface area is 163 Å². The lowest BCUT2D eigenvalue weighted by Gasteiger charge is -2.35. The molecule has 1 aliphatic rings. The number of amides is 1. The van der Waals surface area contributed by atoms with Crippen LogP contribution < -0.4 is 0 Å². The minimum atomic E-state index is -3.90. The number of halogens is 1. The van der Waals surface area contributed by atoms with E-state index in [1.54, 1.807) is 4.90 Å². The van der Waals surface area contributed by atoms with Gasteiger partial charge in [-0.15, -0.1) is 11.8 Å². The molecule has 0 aliphatic carbocycles. The van der Waals surface area contributed by atoms with Crippen LogP contribution in [0.5, 0.6) is 0 Å². The van der Waals surface area contributed by atoms with Gasteiger partial charge in [-0.1, -0.05) is 30.3 Å². The van der Waals surface area contributed by atoms with Crippen molar-refractivity contribution in [2.45, 2.75) is 22.0 Å². The zero-order valence-corrected chi connectivity index (χ0v) is 16.5. The van der Waals surface area contributed by atoms with Crippen molar-refractivity contribution in [3.8, 4) is 0 Å². The standard InChI is InChI=1S/C19H21FN2O3S2/c1-15(26-16-7-3-2-4-8-16)19(23)21-11-13-22(14-12-21)27(24,25)18-10-6-5-9-17(18)20/h2-10,15H,11-14H2,1H3/t15-/m0/s1. The molecule has 3 rings (SSSR count). The molecule has 2 aromatic carbocycles. The minimum absolute atomic E-state index is 0.0215. The summed E-state index contributed by atoms with van der Waals surface area (Å²) in [6, 6.07) is 15.0. The van der Waals surface area contributed by atoms with E-state index in [0.717, 1.165) is 11.0 Å². The molecule has 0 spiro atoms. The summed E-state index contributed by atoms with van der Waals surface area (Å²) in [5.74, 6) is -0.782. The fourth-order valence-corrected chi connectivity index (χ4v) is 5.41. The molecule has 0 aromatic heterocycles. The molecule has 1 fully saturated rings. The van der Waals surface area contributed by atoms with Gasteiger partial charge >= 0.3 is 0 Å². The van der Waals surface area contributed by atoms with E-state index >= 15 is 0 Å². The van der Waals surface area contributed by atoms with Crippen LogP contribution in [0, 0.1) is 5.82 Å². The molecule has 8 heteroatoms. The number of carbonyl (C=O) groups is 1. The maximum atomic E-state index is 13.9. The van der Waals surface area contributed by atoms with Gasteiger partial charge in [0, 0.05) is 31.1 Å². The fourth-order valence-electron chi connectivity index (χ4n) is 2.95. The van der Waals surface area contributed by atoms with Crippen LogP contribution in [0.4, 0.5) is 4.39 Å². The molecule has 0 bridgehead atoms. The molecule has 5 nitrogen and oxygen atoms in total. The number of hydrogen-bond donors (Lipinski definition) is 0. The monoisotopic (exact) mass is 408 g/mol. The molecule has 1 saturated heterocycles. The number of benzene rings is 2. The highest BCUT2D eigenvalue weighted by Gasteiger charge is 2.32. The number of sulfonamides is 1. The van der Waals surface area contributed by atoms with E-state index < -0.39 is 15.8 Å². The summed E-state index contributed by atoms with van der Waals surface area (Å²) < 4.78 is 40.4. The van der Waals surface area contributed by atoms with E-state index in [4.69, 9.17) is 0 Å². The second-order valence-corrected chi connectivity index (χ2v) is 9.55. The summed E-state index contributed by atoms with van der Waals surface area (Å²) in [5.41, 5.74) is 0. The first kappa shape index (κ1) is 19.9. The highest BCUT2D eigenvalue weighted by Crippen LogP contribution is 2.25. The van der Waals surface area contributed by atoms with Crippen molar-refractivity contribution in [2.75, 3.05) is 26.2 Å². The van der Waals surface area contributed by atoms with Gasteiger partial charge in [0.2, 0.25) is 15.9 Å². The topological polar surface area (TPSA) is 57.7 Å². The Morgan fingerprint density at radius 2 is 1.59 bits per heavy atom. The summed E-state index contributed by atoms with van der Waals surface area (Å²) in [4.78, 5) is 15.0. The summed E-state index contributed by atoms with van der Waals surface area (Å²) in [5, 5.41) is -0.262. The Hall–Kier alpha value is -1.90. The third-order valence-corrected chi connectivity index (χ3v) is 7.44. The lowest BCUT2D eigenvalue weighted by atomic mass is 10.3. The van der Waals surface area contributed by atoms with Crippen LogP contribution in [0.25, 0.3) is 0 Å². The molecule has 2 aromatic rings. The maximum absolute atomic E-state index is 13.9. The first-order valence-corrected chi connectivity index (χ1v) is 11.0. The molecule has 1 atom stereocenters. The van der Waals surface area contributed by atoms with E-state index in [0.29, 0.717) is 13.1 Å². The Morgan fingerprint density at radius 3 is 2.22 bits per heavy atom. The van der Waals surface area contributed by atoms with Crippen LogP contribution in [0.3, 0.4) is 0 Å². The van der Waals surface area contributed by atoms with E-state index in [1.807, 2.05) is 37.3 Å². The molecular formula is C19H21FN2O3S2. The highest BCUT2D eigenvalue weighted by atomic mass is 32.2. The second-order valence-electron chi connectivity index (χ2n) is 6.23. The number of carbonyl (C=O) groups excluding carboxylic acids is 1. The van der Waals surface area contributed by atoms with Gasteiger partial charge in [0.05, 0.1) is 5.25 Å². The van der Waals surface area contributed by atoms with Crippen LogP contribution in [0.1, 0.15) is 6.92 Å². The number of hydrogen-bond acceptors (Lipinski definition) is 4. The second kappa shape index (κ2) is 8.41. The number of nitrogens with zero attached hydrogens (tertiary/aromatic N) is 2. The van der Waals surface area contributed by atoms with Crippen LogP contribution in [-0.4, -0.2) is 55.0 Å². The summed E-state index contributed by atoms with van der Waals surface area (Å²) in [7, 11) is -3.90. The molecular weight excluding hydrogens is 387 g/mol. The summed E-state index contributed by atoms with van der Waals surface area (Å²) >= 11 is 1.48. The molecule has 0 N–H and O–H groups in total. The van der Waals surface area contributed by atoms with Crippen molar-refractivity contribution in [2.24, 2.45) is 0 Å². The zero-order valence-electron chi connectivity index (χ0n) is 14.9. The van der Waals surface area contributed by atoms with E-state index in [9.17, 15) is 17.6 Å². The first-order valence-electron chi connectivity index (χ1n) is 8.65. The van der Waals surface area contributed by atoms with Crippen molar-refractivity contribution in [1.29, 1.82) is 0 Å². The maximum Gasteiger partial charge on any atom is 0.246 e. The molecule has 0 radical (unpaired) electrons. The van der Waals surface area contributed by atoms with Crippen LogP contribution in [0.15, 0.2) is 64.4 Å². The highest BCUT2D eigenvalue weighted by molar-refractivity contribution is 8.00. The summed E-state index contributed by atoms with van der Waals surface area (Å²) in [6.07, 6.45) is 0. The van der Waals surface area contributed by atoms with Crippen LogP contribution in [-0.2, 0) is 14.8 Å². The molecule has 144 valence electrons. The number of thioether (sulfide) groups is 1. The van der Waals surface area contributed by atoms with Crippen molar-refractivity contribution in [3.63, 3.8) is 0 Å². The summed E-state index contributed by atoms with van der Waals surface area (Å²) in [6.45, 7) is 2.76. The average molecular weight is 409 g/mol. The third kappa shape index (κ3) is 4.51. The van der Waals surface area contributed by atoms with Crippen LogP contribution in [0.2, 0.25) is 0 Å². The molecule has 1 amide bonds. The van der Waals surface area contributed by atoms with Gasteiger partial charge in [-0.25, -0.2) is 12.8 Å². The molecule has 0 saturated carbocycles. The zero-order chi connectivity index (χ0) is 19.4. The van der Waals surface area contributed by atoms with Gasteiger partial charge in [-0.05, 0) is 31.2 Å². The van der Waals surface area contributed by atoms with Crippen molar-refractivity contribution in [1.82, 2.24) is 9.21 Å². The average Bonchev–Trinajstić information content (AvgIpc) is 2.68. The predicted octanol–water partition coefficient (Wildman–Crippen LogP) is 2.84. The Bertz CT molecular complexity index is 898. The van der Waals surface area contributed by atoms with Crippen LogP contribution >= 0.6 is 11.8 Å². The van der Waals surface area contributed by atoms with Gasteiger partial charge in [-0.2, -0.15) is 4.31 Å². The number of rotatable bonds is 5. The van der Waals surface area contributed by atoms with Crippen molar-refractivity contribution < 1.29 is 17.6 Å². The van der Waals surface area contributed by atoms with Crippen molar-refractivity contribution in [3.05, 3.63) is 60.4 Å². The smallest absolute Gasteiger partial charge is 0.246 e. The quantitative estimate of drug-likeness (QED) is 0.714. The van der Waals surface area contributed by atoms with Crippen molar-refractivity contribution >= 4 is 27.7 Å².